The van der Waals surface area contributed by atoms with Crippen LogP contribution in [-0.4, -0.2) is 16.6 Å². The number of hydrogen-bond donors (Lipinski definition) is 1. The molecular weight excluding hydrogens is 262 g/mol. The zero-order valence-electron chi connectivity index (χ0n) is 13.6. The molecule has 0 radical (unpaired) electrons. The van der Waals surface area contributed by atoms with Crippen molar-refractivity contribution in [2.24, 2.45) is 0 Å². The van der Waals surface area contributed by atoms with E-state index in [9.17, 15) is 0 Å². The Balaban J connectivity index is 2.19. The number of nitrogens with one attached hydrogen (secondary N) is 1. The van der Waals surface area contributed by atoms with Crippen molar-refractivity contribution in [2.75, 3.05) is 7.05 Å². The number of rotatable bonds is 6. The molecule has 1 atom stereocenters. The van der Waals surface area contributed by atoms with Crippen LogP contribution in [0.2, 0.25) is 0 Å². The van der Waals surface area contributed by atoms with Gasteiger partial charge in [-0.15, -0.1) is 0 Å². The Morgan fingerprint density at radius 1 is 1.29 bits per heavy atom. The van der Waals surface area contributed by atoms with Crippen LogP contribution in [0.3, 0.4) is 0 Å². The predicted molar refractivity (Wildman–Crippen MR) is 85.6 cm³/mol. The third kappa shape index (κ3) is 3.64. The van der Waals surface area contributed by atoms with E-state index in [0.717, 1.165) is 11.4 Å². The van der Waals surface area contributed by atoms with Crippen LogP contribution < -0.4 is 10.1 Å². The highest BCUT2D eigenvalue weighted by Gasteiger charge is 2.12. The van der Waals surface area contributed by atoms with Crippen molar-refractivity contribution in [2.45, 2.75) is 46.4 Å². The molecule has 0 saturated heterocycles. The summed E-state index contributed by atoms with van der Waals surface area (Å²) >= 11 is 0. The van der Waals surface area contributed by atoms with Gasteiger partial charge in [-0.3, -0.25) is 0 Å². The fraction of sp³-hybridized carbons (Fsp3) is 0.471. The summed E-state index contributed by atoms with van der Waals surface area (Å²) in [6, 6.07) is 6.99. The van der Waals surface area contributed by atoms with Crippen LogP contribution in [0.1, 0.15) is 49.7 Å². The Bertz CT molecular complexity index is 589. The van der Waals surface area contributed by atoms with Gasteiger partial charge >= 0.3 is 0 Å². The van der Waals surface area contributed by atoms with Crippen molar-refractivity contribution < 1.29 is 4.74 Å². The second-order valence-corrected chi connectivity index (χ2v) is 5.73. The zero-order valence-corrected chi connectivity index (χ0v) is 13.6. The molecule has 2 aromatic rings. The molecule has 1 unspecified atom stereocenters. The van der Waals surface area contributed by atoms with Crippen molar-refractivity contribution in [3.8, 4) is 5.75 Å². The normalized spacial score (nSPS) is 12.7. The molecule has 1 aromatic carbocycles. The minimum Gasteiger partial charge on any atom is -0.487 e. The highest BCUT2D eigenvalue weighted by atomic mass is 16.5. The Hall–Kier alpha value is -1.81. The molecule has 0 aliphatic carbocycles. The molecule has 21 heavy (non-hydrogen) atoms. The van der Waals surface area contributed by atoms with Crippen LogP contribution >= 0.6 is 0 Å². The number of hydrogen-bond acceptors (Lipinski definition) is 3. The molecule has 1 aromatic heterocycles. The summed E-state index contributed by atoms with van der Waals surface area (Å²) in [4.78, 5) is 4.22. The molecular formula is C17H25N3O. The first-order chi connectivity index (χ1) is 10.0. The monoisotopic (exact) mass is 287 g/mol. The molecule has 4 heteroatoms. The number of nitrogens with zero attached hydrogens (tertiary/aromatic N) is 2. The minimum atomic E-state index is 0.260. The second kappa shape index (κ2) is 6.76. The van der Waals surface area contributed by atoms with Crippen LogP contribution in [0.4, 0.5) is 0 Å². The maximum absolute atomic E-state index is 6.08. The van der Waals surface area contributed by atoms with Gasteiger partial charge in [-0.1, -0.05) is 12.1 Å². The molecule has 0 amide bonds. The summed E-state index contributed by atoms with van der Waals surface area (Å²) in [7, 11) is 1.96. The summed E-state index contributed by atoms with van der Waals surface area (Å²) in [6.45, 7) is 9.04. The standard InChI is InChI=1S/C17H25N3O/c1-12(2)20-11-19-9-15(20)10-21-17-8-13(3)6-7-16(17)14(4)18-5/h6-9,11-12,14,18H,10H2,1-5H3. The predicted octanol–water partition coefficient (Wildman–Crippen LogP) is 3.63. The number of aryl methyl sites for hydroxylation is 1. The molecule has 0 fully saturated rings. The van der Waals surface area contributed by atoms with Gasteiger partial charge in [0.05, 0.1) is 18.2 Å². The molecule has 2 rings (SSSR count). The molecule has 0 bridgehead atoms. The summed E-state index contributed by atoms with van der Waals surface area (Å²) in [5.74, 6) is 0.938. The summed E-state index contributed by atoms with van der Waals surface area (Å²) in [6.07, 6.45) is 3.73. The molecule has 0 saturated carbocycles. The first-order valence-electron chi connectivity index (χ1n) is 7.44. The van der Waals surface area contributed by atoms with E-state index < -0.39 is 0 Å². The van der Waals surface area contributed by atoms with Crippen LogP contribution in [0, 0.1) is 6.92 Å². The average Bonchev–Trinajstić information content (AvgIpc) is 2.93. The maximum atomic E-state index is 6.08. The van der Waals surface area contributed by atoms with Crippen molar-refractivity contribution in [3.63, 3.8) is 0 Å². The fourth-order valence-electron chi connectivity index (χ4n) is 2.34. The van der Waals surface area contributed by atoms with Crippen molar-refractivity contribution in [1.29, 1.82) is 0 Å². The maximum Gasteiger partial charge on any atom is 0.130 e. The number of ether oxygens (including phenoxy) is 1. The number of imidazole rings is 1. The Morgan fingerprint density at radius 3 is 2.71 bits per heavy atom. The molecule has 0 aliphatic heterocycles. The lowest BCUT2D eigenvalue weighted by Gasteiger charge is -2.18. The van der Waals surface area contributed by atoms with Gasteiger partial charge in [0.15, 0.2) is 0 Å². The Kier molecular flexibility index (Phi) is 5.02. The number of aromatic nitrogens is 2. The lowest BCUT2D eigenvalue weighted by Crippen LogP contribution is -2.14. The van der Waals surface area contributed by atoms with Gasteiger partial charge in [0.1, 0.15) is 12.4 Å². The van der Waals surface area contributed by atoms with E-state index >= 15 is 0 Å². The third-order valence-electron chi connectivity index (χ3n) is 3.75. The van der Waals surface area contributed by atoms with E-state index in [2.05, 4.69) is 60.8 Å². The Morgan fingerprint density at radius 2 is 2.05 bits per heavy atom. The summed E-state index contributed by atoms with van der Waals surface area (Å²) in [5.41, 5.74) is 3.47. The summed E-state index contributed by atoms with van der Waals surface area (Å²) in [5, 5.41) is 3.27. The van der Waals surface area contributed by atoms with Crippen molar-refractivity contribution in [3.05, 3.63) is 47.5 Å². The van der Waals surface area contributed by atoms with E-state index in [1.807, 2.05) is 19.6 Å². The minimum absolute atomic E-state index is 0.260. The third-order valence-corrected chi connectivity index (χ3v) is 3.75. The van der Waals surface area contributed by atoms with Crippen LogP contribution in [0.25, 0.3) is 0 Å². The topological polar surface area (TPSA) is 39.1 Å². The van der Waals surface area contributed by atoms with E-state index in [0.29, 0.717) is 12.6 Å². The van der Waals surface area contributed by atoms with Crippen molar-refractivity contribution in [1.82, 2.24) is 14.9 Å². The average molecular weight is 287 g/mol. The van der Waals surface area contributed by atoms with Crippen LogP contribution in [0.5, 0.6) is 5.75 Å². The van der Waals surface area contributed by atoms with Gasteiger partial charge in [0, 0.05) is 17.6 Å². The van der Waals surface area contributed by atoms with E-state index in [4.69, 9.17) is 4.74 Å². The molecule has 4 nitrogen and oxygen atoms in total. The van der Waals surface area contributed by atoms with Gasteiger partial charge in [0.2, 0.25) is 0 Å². The highest BCUT2D eigenvalue weighted by molar-refractivity contribution is 5.39. The lowest BCUT2D eigenvalue weighted by atomic mass is 10.1. The molecule has 0 spiro atoms. The fourth-order valence-corrected chi connectivity index (χ4v) is 2.34. The van der Waals surface area contributed by atoms with Gasteiger partial charge in [0.25, 0.3) is 0 Å². The van der Waals surface area contributed by atoms with Gasteiger partial charge in [-0.05, 0) is 46.4 Å². The van der Waals surface area contributed by atoms with Crippen molar-refractivity contribution >= 4 is 0 Å². The first kappa shape index (κ1) is 15.6. The molecule has 114 valence electrons. The molecule has 0 aliphatic rings. The summed E-state index contributed by atoms with van der Waals surface area (Å²) < 4.78 is 8.21. The van der Waals surface area contributed by atoms with E-state index in [1.54, 1.807) is 0 Å². The number of benzene rings is 1. The smallest absolute Gasteiger partial charge is 0.130 e. The quantitative estimate of drug-likeness (QED) is 0.881. The molecule has 1 heterocycles. The van der Waals surface area contributed by atoms with E-state index in [-0.39, 0.29) is 6.04 Å². The Labute approximate surface area is 127 Å². The van der Waals surface area contributed by atoms with Gasteiger partial charge in [-0.2, -0.15) is 0 Å². The van der Waals surface area contributed by atoms with Gasteiger partial charge < -0.3 is 14.6 Å². The second-order valence-electron chi connectivity index (χ2n) is 5.73. The van der Waals surface area contributed by atoms with E-state index in [1.165, 1.54) is 11.1 Å². The SMILES string of the molecule is CNC(C)c1ccc(C)cc1OCc1cncn1C(C)C. The molecule has 1 N–H and O–H groups in total. The lowest BCUT2D eigenvalue weighted by molar-refractivity contribution is 0.286. The zero-order chi connectivity index (χ0) is 15.4. The van der Waals surface area contributed by atoms with Gasteiger partial charge in [-0.25, -0.2) is 4.98 Å². The largest absolute Gasteiger partial charge is 0.487 e. The first-order valence-corrected chi connectivity index (χ1v) is 7.44. The van der Waals surface area contributed by atoms with Crippen LogP contribution in [-0.2, 0) is 6.61 Å². The highest BCUT2D eigenvalue weighted by Crippen LogP contribution is 2.27. The van der Waals surface area contributed by atoms with Crippen LogP contribution in [0.15, 0.2) is 30.7 Å².